The van der Waals surface area contributed by atoms with Gasteiger partial charge in [0.1, 0.15) is 0 Å². The Morgan fingerprint density at radius 1 is 0.952 bits per heavy atom. The van der Waals surface area contributed by atoms with Gasteiger partial charge in [0.25, 0.3) is 0 Å². The Bertz CT molecular complexity index is 567. The van der Waals surface area contributed by atoms with Crippen molar-refractivity contribution in [3.05, 3.63) is 60.2 Å². The van der Waals surface area contributed by atoms with Gasteiger partial charge >= 0.3 is 0 Å². The van der Waals surface area contributed by atoms with Crippen molar-refractivity contribution in [2.24, 2.45) is 0 Å². The zero-order valence-corrected chi connectivity index (χ0v) is 12.8. The molecule has 21 heavy (non-hydrogen) atoms. The number of likely N-dealkylation sites (N-methyl/N-ethyl adjacent to an activating group) is 1. The average molecular weight is 281 g/mol. The molecule has 1 fully saturated rings. The first-order valence-corrected chi connectivity index (χ1v) is 7.67. The summed E-state index contributed by atoms with van der Waals surface area (Å²) in [6.45, 7) is 0. The molecule has 1 N–H and O–H groups in total. The highest BCUT2D eigenvalue weighted by atomic mass is 16.5. The summed E-state index contributed by atoms with van der Waals surface area (Å²) in [7, 11) is 3.86. The smallest absolute Gasteiger partial charge is 0.0872 e. The lowest BCUT2D eigenvalue weighted by Crippen LogP contribution is -2.49. The minimum Gasteiger partial charge on any atom is -0.376 e. The van der Waals surface area contributed by atoms with Crippen LogP contribution in [0, 0.1) is 0 Å². The minimum absolute atomic E-state index is 0.0248. The quantitative estimate of drug-likeness (QED) is 0.887. The molecule has 0 spiro atoms. The summed E-state index contributed by atoms with van der Waals surface area (Å²) >= 11 is 0. The molecule has 1 atom stereocenters. The van der Waals surface area contributed by atoms with Crippen molar-refractivity contribution in [3.63, 3.8) is 0 Å². The number of ether oxygens (including phenoxy) is 1. The van der Waals surface area contributed by atoms with Crippen molar-refractivity contribution in [1.82, 2.24) is 5.32 Å². The average Bonchev–Trinajstić information content (AvgIpc) is 2.52. The zero-order chi connectivity index (χ0) is 14.7. The largest absolute Gasteiger partial charge is 0.376 e. The molecule has 110 valence electrons. The fourth-order valence-electron chi connectivity index (χ4n) is 3.37. The zero-order valence-electron chi connectivity index (χ0n) is 12.8. The number of rotatable bonds is 5. The molecule has 0 radical (unpaired) electrons. The van der Waals surface area contributed by atoms with E-state index >= 15 is 0 Å². The van der Waals surface area contributed by atoms with Crippen LogP contribution >= 0.6 is 0 Å². The van der Waals surface area contributed by atoms with E-state index in [4.69, 9.17) is 4.74 Å². The summed E-state index contributed by atoms with van der Waals surface area (Å²) in [5, 5.41) is 3.45. The maximum absolute atomic E-state index is 5.83. The third-order valence-electron chi connectivity index (χ3n) is 4.77. The number of methoxy groups -OCH3 is 1. The summed E-state index contributed by atoms with van der Waals surface area (Å²) in [5.41, 5.74) is 3.80. The van der Waals surface area contributed by atoms with Gasteiger partial charge in [0.05, 0.1) is 11.6 Å². The maximum atomic E-state index is 5.83. The summed E-state index contributed by atoms with van der Waals surface area (Å²) in [6.07, 6.45) is 3.53. The van der Waals surface area contributed by atoms with Gasteiger partial charge in [-0.1, -0.05) is 54.6 Å². The summed E-state index contributed by atoms with van der Waals surface area (Å²) < 4.78 is 5.83. The van der Waals surface area contributed by atoms with E-state index < -0.39 is 0 Å². The van der Waals surface area contributed by atoms with Gasteiger partial charge in [-0.05, 0) is 43.0 Å². The fraction of sp³-hybridized carbons (Fsp3) is 0.368. The van der Waals surface area contributed by atoms with Crippen LogP contribution in [0.15, 0.2) is 54.6 Å². The molecule has 2 aromatic carbocycles. The van der Waals surface area contributed by atoms with Crippen LogP contribution in [0.1, 0.15) is 30.9 Å². The van der Waals surface area contributed by atoms with Crippen LogP contribution in [0.4, 0.5) is 0 Å². The van der Waals surface area contributed by atoms with Crippen molar-refractivity contribution in [2.45, 2.75) is 30.9 Å². The lowest BCUT2D eigenvalue weighted by Gasteiger charge is -2.46. The Morgan fingerprint density at radius 3 is 2.05 bits per heavy atom. The third kappa shape index (κ3) is 2.61. The number of benzene rings is 2. The molecule has 0 heterocycles. The van der Waals surface area contributed by atoms with Crippen molar-refractivity contribution >= 4 is 0 Å². The topological polar surface area (TPSA) is 21.3 Å². The highest BCUT2D eigenvalue weighted by Crippen LogP contribution is 2.44. The van der Waals surface area contributed by atoms with E-state index in [9.17, 15) is 0 Å². The molecule has 2 heteroatoms. The molecule has 1 saturated carbocycles. The summed E-state index contributed by atoms with van der Waals surface area (Å²) in [5.74, 6) is 0. The van der Waals surface area contributed by atoms with Gasteiger partial charge in [0.2, 0.25) is 0 Å². The Morgan fingerprint density at radius 2 is 1.57 bits per heavy atom. The fourth-order valence-corrected chi connectivity index (χ4v) is 3.37. The first-order valence-electron chi connectivity index (χ1n) is 7.67. The van der Waals surface area contributed by atoms with Gasteiger partial charge in [-0.2, -0.15) is 0 Å². The molecule has 0 amide bonds. The second-order valence-corrected chi connectivity index (χ2v) is 5.83. The Labute approximate surface area is 127 Å². The molecule has 0 aromatic heterocycles. The predicted octanol–water partition coefficient (Wildman–Crippen LogP) is 4.18. The Hall–Kier alpha value is -1.64. The van der Waals surface area contributed by atoms with Gasteiger partial charge in [-0.25, -0.2) is 0 Å². The molecule has 1 aliphatic carbocycles. The molecule has 2 nitrogen and oxygen atoms in total. The standard InChI is InChI=1S/C19H23NO/c1-20-18(19(21-2)13-6-14-19)17-11-9-16(10-12-17)15-7-4-3-5-8-15/h3-5,7-12,18,20H,6,13-14H2,1-2H3. The molecule has 2 aromatic rings. The van der Waals surface area contributed by atoms with Crippen LogP contribution in [-0.2, 0) is 4.74 Å². The number of hydrogen-bond donors (Lipinski definition) is 1. The third-order valence-corrected chi connectivity index (χ3v) is 4.77. The van der Waals surface area contributed by atoms with Crippen LogP contribution in [0.3, 0.4) is 0 Å². The molecule has 1 aliphatic rings. The minimum atomic E-state index is -0.0248. The first kappa shape index (κ1) is 14.3. The molecule has 0 saturated heterocycles. The first-order chi connectivity index (χ1) is 10.3. The van der Waals surface area contributed by atoms with Gasteiger partial charge in [0, 0.05) is 7.11 Å². The van der Waals surface area contributed by atoms with Gasteiger partial charge in [-0.3, -0.25) is 0 Å². The van der Waals surface area contributed by atoms with E-state index in [1.54, 1.807) is 0 Å². The second-order valence-electron chi connectivity index (χ2n) is 5.83. The van der Waals surface area contributed by atoms with Crippen molar-refractivity contribution in [2.75, 3.05) is 14.2 Å². The van der Waals surface area contributed by atoms with Crippen LogP contribution in [-0.4, -0.2) is 19.8 Å². The monoisotopic (exact) mass is 281 g/mol. The Balaban J connectivity index is 1.86. The van der Waals surface area contributed by atoms with Gasteiger partial charge < -0.3 is 10.1 Å². The van der Waals surface area contributed by atoms with E-state index in [0.717, 1.165) is 12.8 Å². The van der Waals surface area contributed by atoms with E-state index in [0.29, 0.717) is 0 Å². The van der Waals surface area contributed by atoms with E-state index in [-0.39, 0.29) is 11.6 Å². The van der Waals surface area contributed by atoms with E-state index in [1.165, 1.54) is 23.1 Å². The highest BCUT2D eigenvalue weighted by molar-refractivity contribution is 5.63. The maximum Gasteiger partial charge on any atom is 0.0872 e. The normalized spacial score (nSPS) is 18.0. The lowest BCUT2D eigenvalue weighted by molar-refractivity contribution is -0.0983. The van der Waals surface area contributed by atoms with Crippen molar-refractivity contribution in [3.8, 4) is 11.1 Å². The van der Waals surface area contributed by atoms with Gasteiger partial charge in [-0.15, -0.1) is 0 Å². The van der Waals surface area contributed by atoms with Crippen molar-refractivity contribution in [1.29, 1.82) is 0 Å². The van der Waals surface area contributed by atoms with Gasteiger partial charge in [0.15, 0.2) is 0 Å². The number of nitrogens with one attached hydrogen (secondary N) is 1. The highest BCUT2D eigenvalue weighted by Gasteiger charge is 2.44. The molecular formula is C19H23NO. The molecule has 3 rings (SSSR count). The van der Waals surface area contributed by atoms with Crippen LogP contribution in [0.2, 0.25) is 0 Å². The number of hydrogen-bond acceptors (Lipinski definition) is 2. The van der Waals surface area contributed by atoms with E-state index in [2.05, 4.69) is 53.8 Å². The van der Waals surface area contributed by atoms with Crippen LogP contribution < -0.4 is 5.32 Å². The van der Waals surface area contributed by atoms with Crippen molar-refractivity contribution < 1.29 is 4.74 Å². The van der Waals surface area contributed by atoms with E-state index in [1.807, 2.05) is 20.2 Å². The van der Waals surface area contributed by atoms with Crippen LogP contribution in [0.5, 0.6) is 0 Å². The summed E-state index contributed by atoms with van der Waals surface area (Å²) in [4.78, 5) is 0. The predicted molar refractivity (Wildman–Crippen MR) is 87.3 cm³/mol. The second kappa shape index (κ2) is 6.00. The molecular weight excluding hydrogens is 258 g/mol. The Kier molecular flexibility index (Phi) is 4.09. The molecule has 1 unspecified atom stereocenters. The van der Waals surface area contributed by atoms with Crippen LogP contribution in [0.25, 0.3) is 11.1 Å². The lowest BCUT2D eigenvalue weighted by atomic mass is 9.72. The molecule has 0 aliphatic heterocycles. The SMILES string of the molecule is CNC(c1ccc(-c2ccccc2)cc1)C1(OC)CCC1. The summed E-state index contributed by atoms with van der Waals surface area (Å²) in [6, 6.07) is 19.6. The molecule has 0 bridgehead atoms.